The zero-order valence-corrected chi connectivity index (χ0v) is 16.3. The van der Waals surface area contributed by atoms with E-state index in [1.54, 1.807) is 6.20 Å². The number of nitrogens with zero attached hydrogens (tertiary/aromatic N) is 4. The molecule has 2 N–H and O–H groups in total. The summed E-state index contributed by atoms with van der Waals surface area (Å²) >= 11 is 5.78. The monoisotopic (exact) mass is 420 g/mol. The number of morpholine rings is 1. The number of carbonyl (C=O) groups excluding carboxylic acids is 1. The number of nitrogens with one attached hydrogen (secondary N) is 2. The molecule has 1 unspecified atom stereocenters. The molecule has 1 saturated heterocycles. The topological polar surface area (TPSA) is 94.0 Å². The predicted octanol–water partition coefficient (Wildman–Crippen LogP) is 2.65. The first-order valence-corrected chi connectivity index (χ1v) is 8.83. The number of halogens is 2. The van der Waals surface area contributed by atoms with Gasteiger partial charge in [-0.2, -0.15) is 5.10 Å². The van der Waals surface area contributed by atoms with Gasteiger partial charge in [-0.25, -0.2) is 14.6 Å². The maximum absolute atomic E-state index is 12.4. The second-order valence-corrected chi connectivity index (χ2v) is 6.45. The molecule has 146 valence electrons. The molecule has 0 aliphatic carbocycles. The van der Waals surface area contributed by atoms with E-state index in [0.717, 1.165) is 18.7 Å². The molecule has 2 aromatic heterocycles. The van der Waals surface area contributed by atoms with Crippen molar-refractivity contribution in [3.63, 3.8) is 0 Å². The highest BCUT2D eigenvalue weighted by Gasteiger charge is 2.16. The molecule has 1 aromatic carbocycles. The lowest BCUT2D eigenvalue weighted by atomic mass is 10.1. The summed E-state index contributed by atoms with van der Waals surface area (Å²) < 4.78 is 7.14. The molecule has 28 heavy (non-hydrogen) atoms. The third kappa shape index (κ3) is 4.66. The van der Waals surface area contributed by atoms with E-state index >= 15 is 0 Å². The summed E-state index contributed by atoms with van der Waals surface area (Å²) in [5.74, 6) is 0.0717. The van der Waals surface area contributed by atoms with Crippen LogP contribution in [0.1, 0.15) is 22.0 Å². The van der Waals surface area contributed by atoms with Gasteiger partial charge in [0.1, 0.15) is 0 Å². The molecular weight excluding hydrogens is 403 g/mol. The van der Waals surface area contributed by atoms with E-state index in [-0.39, 0.29) is 24.4 Å². The summed E-state index contributed by atoms with van der Waals surface area (Å²) in [5, 5.41) is 10.7. The zero-order chi connectivity index (χ0) is 18.6. The van der Waals surface area contributed by atoms with Crippen LogP contribution in [-0.4, -0.2) is 45.4 Å². The van der Waals surface area contributed by atoms with Crippen molar-refractivity contribution in [2.75, 3.05) is 25.0 Å². The van der Waals surface area contributed by atoms with Crippen LogP contribution >= 0.6 is 24.0 Å². The van der Waals surface area contributed by atoms with Gasteiger partial charge in [-0.3, -0.25) is 4.79 Å². The third-order valence-electron chi connectivity index (χ3n) is 4.12. The Morgan fingerprint density at radius 1 is 1.21 bits per heavy atom. The Morgan fingerprint density at radius 3 is 2.64 bits per heavy atom. The lowest BCUT2D eigenvalue weighted by Gasteiger charge is -2.24. The molecule has 1 aliphatic rings. The second kappa shape index (κ2) is 9.11. The van der Waals surface area contributed by atoms with Crippen LogP contribution in [-0.2, 0) is 4.74 Å². The maximum atomic E-state index is 12.4. The van der Waals surface area contributed by atoms with Crippen LogP contribution in [0.4, 0.5) is 5.69 Å². The molecule has 8 nitrogen and oxygen atoms in total. The van der Waals surface area contributed by atoms with Crippen molar-refractivity contribution in [2.24, 2.45) is 0 Å². The molecule has 0 radical (unpaired) electrons. The van der Waals surface area contributed by atoms with Crippen molar-refractivity contribution >= 4 is 35.6 Å². The minimum absolute atomic E-state index is 0. The van der Waals surface area contributed by atoms with E-state index in [1.807, 2.05) is 24.3 Å². The van der Waals surface area contributed by atoms with Crippen LogP contribution in [0.3, 0.4) is 0 Å². The number of benzene rings is 1. The molecule has 0 spiro atoms. The van der Waals surface area contributed by atoms with Gasteiger partial charge in [0.15, 0.2) is 0 Å². The predicted molar refractivity (Wildman–Crippen MR) is 107 cm³/mol. The Kier molecular flexibility index (Phi) is 6.58. The largest absolute Gasteiger partial charge is 0.371 e. The summed E-state index contributed by atoms with van der Waals surface area (Å²) in [6.45, 7) is 2.36. The standard InChI is InChI=1S/C18H17ClN6O2.ClH/c19-14-8-21-18(22-9-14)25-11-13(7-23-25)17(26)24-15-3-1-12(2-4-15)16-10-20-5-6-27-16;/h1-4,7-9,11,16,20H,5-6,10H2,(H,24,26);1H. The molecule has 1 amide bonds. The SMILES string of the molecule is Cl.O=C(Nc1ccc(C2CNCCO2)cc1)c1cnn(-c2ncc(Cl)cn2)c1. The van der Waals surface area contributed by atoms with Crippen molar-refractivity contribution in [1.29, 1.82) is 0 Å². The van der Waals surface area contributed by atoms with Crippen molar-refractivity contribution in [3.05, 3.63) is 65.2 Å². The lowest BCUT2D eigenvalue weighted by molar-refractivity contribution is 0.0277. The van der Waals surface area contributed by atoms with Crippen molar-refractivity contribution in [2.45, 2.75) is 6.10 Å². The average Bonchev–Trinajstić information content (AvgIpc) is 3.20. The number of carbonyl (C=O) groups is 1. The number of aromatic nitrogens is 4. The Hall–Kier alpha value is -2.52. The average molecular weight is 421 g/mol. The summed E-state index contributed by atoms with van der Waals surface area (Å²) in [7, 11) is 0. The second-order valence-electron chi connectivity index (χ2n) is 6.01. The molecule has 1 atom stereocenters. The molecule has 3 aromatic rings. The Morgan fingerprint density at radius 2 is 1.96 bits per heavy atom. The highest BCUT2D eigenvalue weighted by molar-refractivity contribution is 6.30. The fourth-order valence-electron chi connectivity index (χ4n) is 2.74. The van der Waals surface area contributed by atoms with E-state index in [9.17, 15) is 4.79 Å². The molecule has 0 saturated carbocycles. The molecule has 3 heterocycles. The fraction of sp³-hybridized carbons (Fsp3) is 0.222. The number of ether oxygens (including phenoxy) is 1. The van der Waals surface area contributed by atoms with E-state index in [1.165, 1.54) is 23.3 Å². The highest BCUT2D eigenvalue weighted by Crippen LogP contribution is 2.21. The number of anilines is 1. The first-order valence-electron chi connectivity index (χ1n) is 8.45. The van der Waals surface area contributed by atoms with Gasteiger partial charge in [-0.05, 0) is 17.7 Å². The van der Waals surface area contributed by atoms with E-state index in [0.29, 0.717) is 28.8 Å². The number of amides is 1. The summed E-state index contributed by atoms with van der Waals surface area (Å²) in [6.07, 6.45) is 6.01. The van der Waals surface area contributed by atoms with Crippen molar-refractivity contribution < 1.29 is 9.53 Å². The van der Waals surface area contributed by atoms with E-state index < -0.39 is 0 Å². The number of rotatable bonds is 4. The minimum Gasteiger partial charge on any atom is -0.371 e. The summed E-state index contributed by atoms with van der Waals surface area (Å²) in [6, 6.07) is 7.63. The Balaban J connectivity index is 0.00000225. The molecule has 10 heteroatoms. The quantitative estimate of drug-likeness (QED) is 0.673. The van der Waals surface area contributed by atoms with Gasteiger partial charge in [-0.15, -0.1) is 12.4 Å². The number of hydrogen-bond acceptors (Lipinski definition) is 6. The van der Waals surface area contributed by atoms with Gasteiger partial charge in [0.05, 0.1) is 41.9 Å². The Bertz CT molecular complexity index is 924. The normalized spacial score (nSPS) is 16.2. The van der Waals surface area contributed by atoms with E-state index in [2.05, 4.69) is 25.7 Å². The van der Waals surface area contributed by atoms with Gasteiger partial charge in [-0.1, -0.05) is 23.7 Å². The Labute approximate surface area is 172 Å². The molecule has 4 rings (SSSR count). The van der Waals surface area contributed by atoms with Crippen LogP contribution in [0.5, 0.6) is 0 Å². The fourth-order valence-corrected chi connectivity index (χ4v) is 2.83. The first kappa shape index (κ1) is 20.2. The maximum Gasteiger partial charge on any atom is 0.258 e. The van der Waals surface area contributed by atoms with Crippen molar-refractivity contribution in [1.82, 2.24) is 25.1 Å². The molecular formula is C18H18Cl2N6O2. The van der Waals surface area contributed by atoms with Crippen LogP contribution in [0.15, 0.2) is 49.1 Å². The minimum atomic E-state index is -0.265. The smallest absolute Gasteiger partial charge is 0.258 e. The van der Waals surface area contributed by atoms with Crippen LogP contribution in [0.2, 0.25) is 5.02 Å². The van der Waals surface area contributed by atoms with E-state index in [4.69, 9.17) is 16.3 Å². The van der Waals surface area contributed by atoms with Crippen LogP contribution in [0, 0.1) is 0 Å². The lowest BCUT2D eigenvalue weighted by Crippen LogP contribution is -2.33. The third-order valence-corrected chi connectivity index (χ3v) is 4.32. The highest BCUT2D eigenvalue weighted by atomic mass is 35.5. The van der Waals surface area contributed by atoms with Crippen LogP contribution in [0.25, 0.3) is 5.95 Å². The van der Waals surface area contributed by atoms with Gasteiger partial charge in [0.25, 0.3) is 11.9 Å². The van der Waals surface area contributed by atoms with Gasteiger partial charge in [0, 0.05) is 25.0 Å². The first-order chi connectivity index (χ1) is 13.2. The van der Waals surface area contributed by atoms with Gasteiger partial charge >= 0.3 is 0 Å². The number of hydrogen-bond donors (Lipinski definition) is 2. The van der Waals surface area contributed by atoms with Gasteiger partial charge in [0.2, 0.25) is 0 Å². The summed E-state index contributed by atoms with van der Waals surface area (Å²) in [4.78, 5) is 20.6. The zero-order valence-electron chi connectivity index (χ0n) is 14.7. The molecule has 1 fully saturated rings. The summed E-state index contributed by atoms with van der Waals surface area (Å²) in [5.41, 5.74) is 2.17. The molecule has 1 aliphatic heterocycles. The van der Waals surface area contributed by atoms with Crippen LogP contribution < -0.4 is 10.6 Å². The molecule has 0 bridgehead atoms. The van der Waals surface area contributed by atoms with Crippen molar-refractivity contribution in [3.8, 4) is 5.95 Å². The van der Waals surface area contributed by atoms with Gasteiger partial charge < -0.3 is 15.4 Å².